The third-order valence-electron chi connectivity index (χ3n) is 4.40. The number of benzene rings is 2. The molecule has 0 saturated carbocycles. The maximum atomic E-state index is 12.3. The Hall–Kier alpha value is -2.37. The van der Waals surface area contributed by atoms with Crippen molar-refractivity contribution in [3.63, 3.8) is 0 Å². The molecule has 0 unspecified atom stereocenters. The maximum absolute atomic E-state index is 12.3. The average Bonchev–Trinajstić information content (AvgIpc) is 2.68. The molecule has 1 saturated heterocycles. The number of carbonyl (C=O) groups is 2. The zero-order valence-corrected chi connectivity index (χ0v) is 15.2. The molecule has 26 heavy (non-hydrogen) atoms. The molecule has 1 amide bonds. The Kier molecular flexibility index (Phi) is 6.26. The van der Waals surface area contributed by atoms with Crippen LogP contribution >= 0.6 is 11.6 Å². The smallest absolute Gasteiger partial charge is 0.260 e. The van der Waals surface area contributed by atoms with Crippen LogP contribution in [-0.4, -0.2) is 54.8 Å². The van der Waals surface area contributed by atoms with Crippen LogP contribution in [0.15, 0.2) is 48.5 Å². The lowest BCUT2D eigenvalue weighted by atomic mass is 10.2. The molecule has 0 bridgehead atoms. The Bertz CT molecular complexity index is 756. The molecule has 0 aliphatic carbocycles. The maximum Gasteiger partial charge on any atom is 0.260 e. The van der Waals surface area contributed by atoms with Gasteiger partial charge in [-0.1, -0.05) is 35.9 Å². The number of piperazine rings is 1. The predicted molar refractivity (Wildman–Crippen MR) is 101 cm³/mol. The molecule has 1 heterocycles. The zero-order valence-electron chi connectivity index (χ0n) is 14.4. The first-order chi connectivity index (χ1) is 12.6. The van der Waals surface area contributed by atoms with E-state index in [9.17, 15) is 9.59 Å². The van der Waals surface area contributed by atoms with Gasteiger partial charge >= 0.3 is 0 Å². The highest BCUT2D eigenvalue weighted by molar-refractivity contribution is 6.30. The summed E-state index contributed by atoms with van der Waals surface area (Å²) >= 11 is 5.91. The molecule has 1 aliphatic heterocycles. The lowest BCUT2D eigenvalue weighted by Gasteiger charge is -2.34. The van der Waals surface area contributed by atoms with Crippen LogP contribution in [0.1, 0.15) is 15.9 Å². The van der Waals surface area contributed by atoms with Crippen LogP contribution < -0.4 is 4.74 Å². The van der Waals surface area contributed by atoms with Crippen molar-refractivity contribution in [1.29, 1.82) is 0 Å². The van der Waals surface area contributed by atoms with Crippen LogP contribution in [0.25, 0.3) is 0 Å². The summed E-state index contributed by atoms with van der Waals surface area (Å²) in [5.41, 5.74) is 1.75. The largest absolute Gasteiger partial charge is 0.484 e. The van der Waals surface area contributed by atoms with E-state index in [1.165, 1.54) is 5.56 Å². The van der Waals surface area contributed by atoms with Gasteiger partial charge in [0.05, 0.1) is 0 Å². The van der Waals surface area contributed by atoms with Gasteiger partial charge in [-0.3, -0.25) is 14.5 Å². The molecule has 2 aromatic carbocycles. The van der Waals surface area contributed by atoms with E-state index in [4.69, 9.17) is 16.3 Å². The molecule has 6 heteroatoms. The van der Waals surface area contributed by atoms with E-state index in [0.29, 0.717) is 24.4 Å². The highest BCUT2D eigenvalue weighted by Crippen LogP contribution is 2.14. The molecule has 2 aromatic rings. The van der Waals surface area contributed by atoms with Gasteiger partial charge in [0.15, 0.2) is 6.61 Å². The topological polar surface area (TPSA) is 49.9 Å². The molecule has 0 radical (unpaired) electrons. The summed E-state index contributed by atoms with van der Waals surface area (Å²) in [4.78, 5) is 27.2. The Balaban J connectivity index is 1.44. The van der Waals surface area contributed by atoms with Crippen molar-refractivity contribution in [2.45, 2.75) is 6.54 Å². The van der Waals surface area contributed by atoms with E-state index < -0.39 is 0 Å². The van der Waals surface area contributed by atoms with Gasteiger partial charge in [0, 0.05) is 43.3 Å². The number of hydrogen-bond donors (Lipinski definition) is 0. The molecule has 0 atom stereocenters. The second-order valence-corrected chi connectivity index (χ2v) is 6.70. The molecule has 1 fully saturated rings. The molecule has 3 rings (SSSR count). The summed E-state index contributed by atoms with van der Waals surface area (Å²) < 4.78 is 5.52. The number of rotatable bonds is 6. The van der Waals surface area contributed by atoms with E-state index in [2.05, 4.69) is 4.90 Å². The van der Waals surface area contributed by atoms with Gasteiger partial charge in [-0.15, -0.1) is 0 Å². The van der Waals surface area contributed by atoms with E-state index in [1.807, 2.05) is 29.2 Å². The van der Waals surface area contributed by atoms with Crippen molar-refractivity contribution in [2.24, 2.45) is 0 Å². The lowest BCUT2D eigenvalue weighted by Crippen LogP contribution is -2.49. The normalized spacial score (nSPS) is 14.9. The second kappa shape index (κ2) is 8.83. The van der Waals surface area contributed by atoms with Gasteiger partial charge in [-0.25, -0.2) is 0 Å². The van der Waals surface area contributed by atoms with E-state index in [-0.39, 0.29) is 12.5 Å². The summed E-state index contributed by atoms with van der Waals surface area (Å²) in [6.45, 7) is 3.87. The SMILES string of the molecule is O=Cc1cccc(OCC(=O)N2CCN(Cc3ccc(Cl)cc3)CC2)c1. The number of nitrogens with zero attached hydrogens (tertiary/aromatic N) is 2. The van der Waals surface area contributed by atoms with Crippen LogP contribution in [0.5, 0.6) is 5.75 Å². The quantitative estimate of drug-likeness (QED) is 0.732. The number of halogens is 1. The molecule has 136 valence electrons. The Morgan fingerprint density at radius 3 is 2.50 bits per heavy atom. The summed E-state index contributed by atoms with van der Waals surface area (Å²) in [6, 6.07) is 14.7. The van der Waals surface area contributed by atoms with E-state index >= 15 is 0 Å². The summed E-state index contributed by atoms with van der Waals surface area (Å²) in [6.07, 6.45) is 0.759. The fourth-order valence-corrected chi connectivity index (χ4v) is 3.04. The molecule has 1 aliphatic rings. The highest BCUT2D eigenvalue weighted by Gasteiger charge is 2.21. The number of hydrogen-bond acceptors (Lipinski definition) is 4. The van der Waals surface area contributed by atoms with Crippen molar-refractivity contribution in [2.75, 3.05) is 32.8 Å². The van der Waals surface area contributed by atoms with Crippen molar-refractivity contribution >= 4 is 23.8 Å². The number of aldehydes is 1. The first-order valence-electron chi connectivity index (χ1n) is 8.56. The third kappa shape index (κ3) is 5.07. The Morgan fingerprint density at radius 1 is 1.08 bits per heavy atom. The van der Waals surface area contributed by atoms with Crippen LogP contribution in [-0.2, 0) is 11.3 Å². The monoisotopic (exact) mass is 372 g/mol. The van der Waals surface area contributed by atoms with Crippen LogP contribution in [0.4, 0.5) is 0 Å². The number of carbonyl (C=O) groups excluding carboxylic acids is 2. The van der Waals surface area contributed by atoms with Crippen molar-refractivity contribution in [1.82, 2.24) is 9.80 Å². The summed E-state index contributed by atoms with van der Waals surface area (Å²) in [5.74, 6) is 0.497. The van der Waals surface area contributed by atoms with Crippen molar-refractivity contribution in [3.05, 3.63) is 64.7 Å². The van der Waals surface area contributed by atoms with Gasteiger partial charge < -0.3 is 9.64 Å². The highest BCUT2D eigenvalue weighted by atomic mass is 35.5. The first kappa shape index (κ1) is 18.4. The number of amides is 1. The molecule has 0 aromatic heterocycles. The van der Waals surface area contributed by atoms with Gasteiger partial charge in [0.1, 0.15) is 12.0 Å². The van der Waals surface area contributed by atoms with Crippen molar-refractivity contribution in [3.8, 4) is 5.75 Å². The first-order valence-corrected chi connectivity index (χ1v) is 8.94. The fourth-order valence-electron chi connectivity index (χ4n) is 2.92. The van der Waals surface area contributed by atoms with Crippen molar-refractivity contribution < 1.29 is 14.3 Å². The van der Waals surface area contributed by atoms with Gasteiger partial charge in [-0.05, 0) is 29.8 Å². The molecule has 0 N–H and O–H groups in total. The van der Waals surface area contributed by atoms with Gasteiger partial charge in [0.25, 0.3) is 5.91 Å². The molecule has 0 spiro atoms. The summed E-state index contributed by atoms with van der Waals surface area (Å²) in [7, 11) is 0. The van der Waals surface area contributed by atoms with Crippen LogP contribution in [0, 0.1) is 0 Å². The van der Waals surface area contributed by atoms with Gasteiger partial charge in [-0.2, -0.15) is 0 Å². The van der Waals surface area contributed by atoms with E-state index in [0.717, 1.165) is 30.9 Å². The second-order valence-electron chi connectivity index (χ2n) is 6.26. The standard InChI is InChI=1S/C20H21ClN2O3/c21-18-6-4-16(5-7-18)13-22-8-10-23(11-9-22)20(25)15-26-19-3-1-2-17(12-19)14-24/h1-7,12,14H,8-11,13,15H2. The summed E-state index contributed by atoms with van der Waals surface area (Å²) in [5, 5.41) is 0.739. The van der Waals surface area contributed by atoms with Crippen LogP contribution in [0.3, 0.4) is 0 Å². The van der Waals surface area contributed by atoms with Crippen LogP contribution in [0.2, 0.25) is 5.02 Å². The molecule has 5 nitrogen and oxygen atoms in total. The minimum absolute atomic E-state index is 0.0144. The third-order valence-corrected chi connectivity index (χ3v) is 4.65. The average molecular weight is 373 g/mol. The zero-order chi connectivity index (χ0) is 18.4. The van der Waals surface area contributed by atoms with E-state index in [1.54, 1.807) is 24.3 Å². The Morgan fingerprint density at radius 2 is 1.81 bits per heavy atom. The van der Waals surface area contributed by atoms with Gasteiger partial charge in [0.2, 0.25) is 0 Å². The fraction of sp³-hybridized carbons (Fsp3) is 0.300. The lowest BCUT2D eigenvalue weighted by molar-refractivity contribution is -0.135. The number of ether oxygens (including phenoxy) is 1. The Labute approximate surface area is 158 Å². The minimum Gasteiger partial charge on any atom is -0.484 e. The molecular formula is C20H21ClN2O3. The minimum atomic E-state index is -0.0346. The molecular weight excluding hydrogens is 352 g/mol. The predicted octanol–water partition coefficient (Wildman–Crippen LogP) is 2.88.